The standard InChI is InChI=1S/C19H21ClN4O2/c1-5-11(3)21-18(25)16-12(4)17-19(26)22-15(9-24(17)23-16)13-7-6-10(2)14(20)8-13/h6-9,11H,5H2,1-4H3,(H,21,25)(H,22,26)/t11-/m1/s1. The molecule has 0 fully saturated rings. The number of aryl methyl sites for hydroxylation is 2. The lowest BCUT2D eigenvalue weighted by Gasteiger charge is -2.09. The lowest BCUT2D eigenvalue weighted by Crippen LogP contribution is -2.32. The van der Waals surface area contributed by atoms with Crippen LogP contribution in [0, 0.1) is 13.8 Å². The Balaban J connectivity index is 2.10. The first-order valence-corrected chi connectivity index (χ1v) is 8.89. The first-order chi connectivity index (χ1) is 12.3. The maximum Gasteiger partial charge on any atom is 0.274 e. The molecule has 0 spiro atoms. The maximum absolute atomic E-state index is 12.6. The van der Waals surface area contributed by atoms with Gasteiger partial charge in [-0.3, -0.25) is 9.59 Å². The first kappa shape index (κ1) is 18.2. The van der Waals surface area contributed by atoms with Crippen molar-refractivity contribution in [3.8, 4) is 11.3 Å². The Labute approximate surface area is 156 Å². The SMILES string of the molecule is CC[C@@H](C)NC(=O)c1nn2cc(-c3ccc(C)c(Cl)c3)[nH]c(=O)c2c1C. The molecule has 3 aromatic rings. The van der Waals surface area contributed by atoms with E-state index in [9.17, 15) is 9.59 Å². The largest absolute Gasteiger partial charge is 0.348 e. The number of halogens is 1. The molecule has 1 amide bonds. The van der Waals surface area contributed by atoms with Gasteiger partial charge in [0.1, 0.15) is 5.52 Å². The fourth-order valence-corrected chi connectivity index (χ4v) is 2.92. The summed E-state index contributed by atoms with van der Waals surface area (Å²) < 4.78 is 1.46. The van der Waals surface area contributed by atoms with E-state index in [4.69, 9.17) is 11.6 Å². The third-order valence-electron chi connectivity index (χ3n) is 4.55. The van der Waals surface area contributed by atoms with Crippen molar-refractivity contribution in [1.82, 2.24) is 19.9 Å². The zero-order chi connectivity index (χ0) is 19.0. The molecule has 7 heteroatoms. The van der Waals surface area contributed by atoms with Crippen molar-refractivity contribution in [1.29, 1.82) is 0 Å². The molecule has 0 saturated heterocycles. The van der Waals surface area contributed by atoms with Crippen molar-refractivity contribution >= 4 is 23.0 Å². The number of H-pyrrole nitrogens is 1. The zero-order valence-electron chi connectivity index (χ0n) is 15.2. The van der Waals surface area contributed by atoms with Crippen molar-refractivity contribution in [3.05, 3.63) is 56.6 Å². The van der Waals surface area contributed by atoms with E-state index in [0.717, 1.165) is 17.5 Å². The van der Waals surface area contributed by atoms with Crippen LogP contribution in [0.15, 0.2) is 29.2 Å². The fraction of sp³-hybridized carbons (Fsp3) is 0.316. The van der Waals surface area contributed by atoms with Crippen molar-refractivity contribution in [3.63, 3.8) is 0 Å². The molecule has 2 heterocycles. The highest BCUT2D eigenvalue weighted by molar-refractivity contribution is 6.31. The highest BCUT2D eigenvalue weighted by Gasteiger charge is 2.20. The van der Waals surface area contributed by atoms with Gasteiger partial charge in [0.05, 0.1) is 11.9 Å². The molecule has 0 radical (unpaired) electrons. The molecule has 1 aromatic carbocycles. The van der Waals surface area contributed by atoms with Gasteiger partial charge in [0.25, 0.3) is 11.5 Å². The maximum atomic E-state index is 12.6. The zero-order valence-corrected chi connectivity index (χ0v) is 15.9. The third-order valence-corrected chi connectivity index (χ3v) is 4.96. The molecule has 136 valence electrons. The molecule has 0 bridgehead atoms. The monoisotopic (exact) mass is 372 g/mol. The molecular weight excluding hydrogens is 352 g/mol. The molecule has 26 heavy (non-hydrogen) atoms. The van der Waals surface area contributed by atoms with E-state index in [2.05, 4.69) is 15.4 Å². The van der Waals surface area contributed by atoms with Crippen LogP contribution in [0.5, 0.6) is 0 Å². The van der Waals surface area contributed by atoms with Gasteiger partial charge in [-0.05, 0) is 38.8 Å². The highest BCUT2D eigenvalue weighted by atomic mass is 35.5. The molecule has 1 atom stereocenters. The fourth-order valence-electron chi connectivity index (χ4n) is 2.74. The number of amides is 1. The van der Waals surface area contributed by atoms with Gasteiger partial charge in [-0.2, -0.15) is 5.10 Å². The number of nitrogens with one attached hydrogen (secondary N) is 2. The Morgan fingerprint density at radius 3 is 2.77 bits per heavy atom. The van der Waals surface area contributed by atoms with Gasteiger partial charge in [-0.1, -0.05) is 30.7 Å². The number of carbonyl (C=O) groups excluding carboxylic acids is 1. The summed E-state index contributed by atoms with van der Waals surface area (Å²) in [7, 11) is 0. The van der Waals surface area contributed by atoms with Gasteiger partial charge in [0.2, 0.25) is 0 Å². The van der Waals surface area contributed by atoms with Crippen molar-refractivity contribution < 1.29 is 4.79 Å². The summed E-state index contributed by atoms with van der Waals surface area (Å²) in [5.74, 6) is -0.278. The molecule has 0 saturated carbocycles. The van der Waals surface area contributed by atoms with Crippen LogP contribution < -0.4 is 10.9 Å². The average molecular weight is 373 g/mol. The van der Waals surface area contributed by atoms with Gasteiger partial charge < -0.3 is 10.3 Å². The van der Waals surface area contributed by atoms with E-state index < -0.39 is 0 Å². The summed E-state index contributed by atoms with van der Waals surface area (Å²) in [6.07, 6.45) is 2.52. The van der Waals surface area contributed by atoms with Crippen LogP contribution >= 0.6 is 11.6 Å². The lowest BCUT2D eigenvalue weighted by molar-refractivity contribution is 0.0933. The second-order valence-corrected chi connectivity index (χ2v) is 6.92. The number of hydrogen-bond donors (Lipinski definition) is 2. The molecule has 0 unspecified atom stereocenters. The molecule has 2 aromatic heterocycles. The predicted molar refractivity (Wildman–Crippen MR) is 103 cm³/mol. The topological polar surface area (TPSA) is 79.3 Å². The van der Waals surface area contributed by atoms with Crippen LogP contribution in [0.3, 0.4) is 0 Å². The average Bonchev–Trinajstić information content (AvgIpc) is 2.94. The van der Waals surface area contributed by atoms with E-state index in [-0.39, 0.29) is 23.2 Å². The summed E-state index contributed by atoms with van der Waals surface area (Å²) in [6, 6.07) is 5.60. The highest BCUT2D eigenvalue weighted by Crippen LogP contribution is 2.24. The number of aromatic amines is 1. The van der Waals surface area contributed by atoms with Crippen LogP contribution in [-0.2, 0) is 0 Å². The van der Waals surface area contributed by atoms with E-state index in [1.165, 1.54) is 4.52 Å². The van der Waals surface area contributed by atoms with E-state index in [0.29, 0.717) is 21.8 Å². The second kappa shape index (κ2) is 6.96. The van der Waals surface area contributed by atoms with Crippen LogP contribution in [0.25, 0.3) is 16.8 Å². The molecule has 3 rings (SSSR count). The van der Waals surface area contributed by atoms with Gasteiger partial charge in [-0.25, -0.2) is 4.52 Å². The van der Waals surface area contributed by atoms with Crippen LogP contribution in [0.4, 0.5) is 0 Å². The van der Waals surface area contributed by atoms with Gasteiger partial charge in [0, 0.05) is 22.2 Å². The Kier molecular flexibility index (Phi) is 4.87. The molecule has 6 nitrogen and oxygen atoms in total. The minimum Gasteiger partial charge on any atom is -0.348 e. The van der Waals surface area contributed by atoms with Gasteiger partial charge in [0.15, 0.2) is 5.69 Å². The Morgan fingerprint density at radius 2 is 2.12 bits per heavy atom. The van der Waals surface area contributed by atoms with E-state index in [1.54, 1.807) is 19.2 Å². The Morgan fingerprint density at radius 1 is 1.38 bits per heavy atom. The first-order valence-electron chi connectivity index (χ1n) is 8.51. The summed E-state index contributed by atoms with van der Waals surface area (Å²) >= 11 is 6.19. The number of nitrogens with zero attached hydrogens (tertiary/aromatic N) is 2. The normalized spacial score (nSPS) is 12.3. The molecule has 0 aliphatic carbocycles. The van der Waals surface area contributed by atoms with Crippen LogP contribution in [0.2, 0.25) is 5.02 Å². The quantitative estimate of drug-likeness (QED) is 0.735. The molecule has 2 N–H and O–H groups in total. The molecule has 0 aliphatic rings. The Bertz CT molecular complexity index is 1050. The van der Waals surface area contributed by atoms with Crippen molar-refractivity contribution in [2.75, 3.05) is 0 Å². The van der Waals surface area contributed by atoms with Gasteiger partial charge >= 0.3 is 0 Å². The van der Waals surface area contributed by atoms with Crippen LogP contribution in [0.1, 0.15) is 41.9 Å². The van der Waals surface area contributed by atoms with Gasteiger partial charge in [-0.15, -0.1) is 0 Å². The summed E-state index contributed by atoms with van der Waals surface area (Å²) in [5, 5.41) is 7.84. The number of carbonyl (C=O) groups is 1. The van der Waals surface area contributed by atoms with Crippen LogP contribution in [-0.4, -0.2) is 26.5 Å². The minimum absolute atomic E-state index is 0.0373. The van der Waals surface area contributed by atoms with Crippen molar-refractivity contribution in [2.24, 2.45) is 0 Å². The third kappa shape index (κ3) is 3.24. The summed E-state index contributed by atoms with van der Waals surface area (Å²) in [5.41, 5.74) is 3.19. The predicted octanol–water partition coefficient (Wildman–Crippen LogP) is 3.49. The number of fused-ring (bicyclic) bond motifs is 1. The minimum atomic E-state index is -0.299. The van der Waals surface area contributed by atoms with E-state index in [1.807, 2.05) is 32.9 Å². The smallest absolute Gasteiger partial charge is 0.274 e. The molecular formula is C19H21ClN4O2. The summed E-state index contributed by atoms with van der Waals surface area (Å²) in [4.78, 5) is 27.9. The number of rotatable bonds is 4. The number of aromatic nitrogens is 3. The van der Waals surface area contributed by atoms with E-state index >= 15 is 0 Å². The lowest BCUT2D eigenvalue weighted by atomic mass is 10.1. The molecule has 0 aliphatic heterocycles. The number of benzene rings is 1. The Hall–Kier alpha value is -2.60. The number of hydrogen-bond acceptors (Lipinski definition) is 3. The van der Waals surface area contributed by atoms with Crippen molar-refractivity contribution in [2.45, 2.75) is 40.2 Å². The summed E-state index contributed by atoms with van der Waals surface area (Å²) in [6.45, 7) is 7.56. The second-order valence-electron chi connectivity index (χ2n) is 6.51.